The number of rotatable bonds is 5. The Hall–Kier alpha value is -2.84. The predicted octanol–water partition coefficient (Wildman–Crippen LogP) is 2.25. The van der Waals surface area contributed by atoms with Gasteiger partial charge in [-0.1, -0.05) is 40.2 Å². The van der Waals surface area contributed by atoms with Crippen molar-refractivity contribution in [2.24, 2.45) is 11.8 Å². The average Bonchev–Trinajstić information content (AvgIpc) is 3.00. The standard InChI is InChI=1S/C31H47N5O7S2/c1-5-20(4)26-28(39)33-24(29(40)41)18-45-17-22-8-6-7-21(32-22)16-44-14-9-25(37)36-31(10-12-43-13-11-31)30(42)34-23(15-19(2)3)27(38)35-26/h6-8,19-20,23-24,26H,5,9-18H2,1-4H3,(H,33,39)(H,34,42)(H,35,38)(H,36,37)(H,40,41)/t20-,23-,24-,26-/m0/s1. The zero-order valence-electron chi connectivity index (χ0n) is 26.6. The molecule has 4 amide bonds. The van der Waals surface area contributed by atoms with Gasteiger partial charge >= 0.3 is 5.97 Å². The molecule has 45 heavy (non-hydrogen) atoms. The second-order valence-corrected chi connectivity index (χ2v) is 14.2. The molecule has 0 aromatic carbocycles. The number of carboxylic acid groups (broad SMARTS) is 1. The summed E-state index contributed by atoms with van der Waals surface area (Å²) in [7, 11) is 0. The molecule has 4 atom stereocenters. The Bertz CT molecular complexity index is 1190. The highest BCUT2D eigenvalue weighted by Crippen LogP contribution is 2.23. The molecule has 3 rings (SSSR count). The summed E-state index contributed by atoms with van der Waals surface area (Å²) in [5, 5.41) is 21.1. The van der Waals surface area contributed by atoms with Crippen LogP contribution in [0.3, 0.4) is 0 Å². The summed E-state index contributed by atoms with van der Waals surface area (Å²) >= 11 is 2.89. The molecule has 1 fully saturated rings. The number of ether oxygens (including phenoxy) is 1. The van der Waals surface area contributed by atoms with Crippen LogP contribution in [-0.2, 0) is 40.2 Å². The van der Waals surface area contributed by atoms with Gasteiger partial charge in [0.15, 0.2) is 0 Å². The second-order valence-electron chi connectivity index (χ2n) is 12.1. The molecular formula is C31H47N5O7S2. The van der Waals surface area contributed by atoms with Gasteiger partial charge in [0.1, 0.15) is 23.7 Å². The van der Waals surface area contributed by atoms with Crippen LogP contribution in [0.1, 0.15) is 71.2 Å². The first-order chi connectivity index (χ1) is 21.4. The molecule has 12 nitrogen and oxygen atoms in total. The van der Waals surface area contributed by atoms with E-state index in [1.165, 1.54) is 11.8 Å². The maximum Gasteiger partial charge on any atom is 0.327 e. The van der Waals surface area contributed by atoms with Crippen molar-refractivity contribution in [3.63, 3.8) is 0 Å². The van der Waals surface area contributed by atoms with Gasteiger partial charge in [0.2, 0.25) is 23.6 Å². The lowest BCUT2D eigenvalue weighted by molar-refractivity contribution is -0.142. The van der Waals surface area contributed by atoms with Gasteiger partial charge in [-0.2, -0.15) is 23.5 Å². The highest BCUT2D eigenvalue weighted by molar-refractivity contribution is 7.98. The number of hydrogen-bond donors (Lipinski definition) is 5. The molecule has 0 unspecified atom stereocenters. The number of amides is 4. The second kappa shape index (κ2) is 17.7. The van der Waals surface area contributed by atoms with E-state index >= 15 is 0 Å². The van der Waals surface area contributed by atoms with Crippen molar-refractivity contribution in [1.29, 1.82) is 0 Å². The number of pyridine rings is 1. The number of carbonyl (C=O) groups excluding carboxylic acids is 4. The molecule has 1 spiro atoms. The van der Waals surface area contributed by atoms with Crippen molar-refractivity contribution in [3.8, 4) is 0 Å². The van der Waals surface area contributed by atoms with Gasteiger partial charge in [0.05, 0.1) is 11.4 Å². The molecule has 1 aromatic heterocycles. The van der Waals surface area contributed by atoms with Crippen LogP contribution in [0.25, 0.3) is 0 Å². The highest BCUT2D eigenvalue weighted by atomic mass is 32.2. The molecule has 0 radical (unpaired) electrons. The van der Waals surface area contributed by atoms with E-state index in [1.807, 2.05) is 39.0 Å². The zero-order chi connectivity index (χ0) is 33.0. The molecule has 2 aliphatic rings. The Morgan fingerprint density at radius 1 is 1.02 bits per heavy atom. The normalized spacial score (nSPS) is 25.1. The van der Waals surface area contributed by atoms with Crippen molar-refractivity contribution in [2.75, 3.05) is 24.7 Å². The van der Waals surface area contributed by atoms with E-state index in [0.717, 1.165) is 11.4 Å². The summed E-state index contributed by atoms with van der Waals surface area (Å²) < 4.78 is 5.50. The number of nitrogens with zero attached hydrogens (tertiary/aromatic N) is 1. The molecule has 1 aromatic rings. The first kappa shape index (κ1) is 36.6. The van der Waals surface area contributed by atoms with Gasteiger partial charge < -0.3 is 31.1 Å². The number of thioether (sulfide) groups is 2. The average molecular weight is 666 g/mol. The predicted molar refractivity (Wildman–Crippen MR) is 174 cm³/mol. The van der Waals surface area contributed by atoms with Crippen LogP contribution in [0.5, 0.6) is 0 Å². The van der Waals surface area contributed by atoms with Crippen LogP contribution < -0.4 is 21.3 Å². The Morgan fingerprint density at radius 2 is 1.69 bits per heavy atom. The van der Waals surface area contributed by atoms with Crippen molar-refractivity contribution in [3.05, 3.63) is 29.6 Å². The topological polar surface area (TPSA) is 176 Å². The molecular weight excluding hydrogens is 619 g/mol. The molecule has 3 heterocycles. The molecule has 2 bridgehead atoms. The fourth-order valence-corrected chi connectivity index (χ4v) is 6.96. The number of carbonyl (C=O) groups is 5. The van der Waals surface area contributed by atoms with E-state index in [0.29, 0.717) is 30.1 Å². The van der Waals surface area contributed by atoms with Gasteiger partial charge in [-0.15, -0.1) is 0 Å². The van der Waals surface area contributed by atoms with Crippen molar-refractivity contribution >= 4 is 53.1 Å². The van der Waals surface area contributed by atoms with E-state index in [-0.39, 0.29) is 56.0 Å². The van der Waals surface area contributed by atoms with Crippen molar-refractivity contribution in [2.45, 2.75) is 95.0 Å². The van der Waals surface area contributed by atoms with Crippen LogP contribution in [-0.4, -0.2) is 88.1 Å². The molecule has 2 aliphatic heterocycles. The van der Waals surface area contributed by atoms with Crippen LogP contribution in [0, 0.1) is 11.8 Å². The van der Waals surface area contributed by atoms with Crippen LogP contribution in [0.2, 0.25) is 0 Å². The zero-order valence-corrected chi connectivity index (χ0v) is 28.2. The quantitative estimate of drug-likeness (QED) is 0.314. The molecule has 0 aliphatic carbocycles. The fourth-order valence-electron chi connectivity index (χ4n) is 5.16. The van der Waals surface area contributed by atoms with Crippen LogP contribution >= 0.6 is 23.5 Å². The lowest BCUT2D eigenvalue weighted by atomic mass is 9.87. The molecule has 1 saturated heterocycles. The Morgan fingerprint density at radius 3 is 2.31 bits per heavy atom. The minimum absolute atomic E-state index is 0.0233. The maximum atomic E-state index is 13.9. The maximum absolute atomic E-state index is 13.9. The summed E-state index contributed by atoms with van der Waals surface area (Å²) in [5.74, 6) is -1.67. The minimum atomic E-state index is -1.23. The number of carboxylic acids is 1. The summed E-state index contributed by atoms with van der Waals surface area (Å²) in [6.45, 7) is 8.09. The Balaban J connectivity index is 1.92. The molecule has 250 valence electrons. The van der Waals surface area contributed by atoms with Gasteiger partial charge in [-0.3, -0.25) is 24.2 Å². The largest absolute Gasteiger partial charge is 0.480 e. The lowest BCUT2D eigenvalue weighted by Gasteiger charge is -2.38. The molecule has 5 N–H and O–H groups in total. The van der Waals surface area contributed by atoms with Gasteiger partial charge in [0.25, 0.3) is 0 Å². The van der Waals surface area contributed by atoms with Crippen molar-refractivity contribution < 1.29 is 33.8 Å². The Labute approximate surface area is 273 Å². The van der Waals surface area contributed by atoms with Crippen LogP contribution in [0.15, 0.2) is 18.2 Å². The first-order valence-electron chi connectivity index (χ1n) is 15.6. The number of nitrogens with one attached hydrogen (secondary N) is 4. The first-order valence-corrected chi connectivity index (χ1v) is 17.9. The Kier molecular flexibility index (Phi) is 14.4. The molecule has 14 heteroatoms. The third-order valence-corrected chi connectivity index (χ3v) is 10.1. The minimum Gasteiger partial charge on any atom is -0.480 e. The fraction of sp³-hybridized carbons (Fsp3) is 0.677. The van der Waals surface area contributed by atoms with Crippen LogP contribution in [0.4, 0.5) is 0 Å². The summed E-state index contributed by atoms with van der Waals surface area (Å²) in [6.07, 6.45) is 1.57. The summed E-state index contributed by atoms with van der Waals surface area (Å²) in [4.78, 5) is 70.9. The number of aliphatic carboxylic acids is 1. The smallest absolute Gasteiger partial charge is 0.327 e. The van der Waals surface area contributed by atoms with Crippen molar-refractivity contribution in [1.82, 2.24) is 26.3 Å². The monoisotopic (exact) mass is 665 g/mol. The number of fused-ring (bicyclic) bond motifs is 2. The number of hydrogen-bond acceptors (Lipinski definition) is 9. The van der Waals surface area contributed by atoms with E-state index in [4.69, 9.17) is 4.74 Å². The summed E-state index contributed by atoms with van der Waals surface area (Å²) in [5.41, 5.74) is 0.386. The highest BCUT2D eigenvalue weighted by Gasteiger charge is 2.43. The van der Waals surface area contributed by atoms with Gasteiger partial charge in [-0.05, 0) is 30.4 Å². The molecule has 0 saturated carbocycles. The van der Waals surface area contributed by atoms with E-state index in [9.17, 15) is 29.1 Å². The van der Waals surface area contributed by atoms with Gasteiger partial charge in [0, 0.05) is 55.5 Å². The third-order valence-electron chi connectivity index (χ3n) is 8.02. The van der Waals surface area contributed by atoms with E-state index < -0.39 is 47.4 Å². The van der Waals surface area contributed by atoms with E-state index in [2.05, 4.69) is 26.3 Å². The SMILES string of the molecule is CC[C@H](C)[C@@H]1NC(=O)[C@H](CC(C)C)NC(=O)C2(CCOCC2)NC(=O)CCSCc2cccc(n2)CSC[C@@H](C(=O)O)NC1=O. The number of aromatic nitrogens is 1. The lowest BCUT2D eigenvalue weighted by Crippen LogP contribution is -2.65. The third kappa shape index (κ3) is 11.2. The van der Waals surface area contributed by atoms with Gasteiger partial charge in [-0.25, -0.2) is 4.79 Å². The summed E-state index contributed by atoms with van der Waals surface area (Å²) in [6, 6.07) is 2.48. The van der Waals surface area contributed by atoms with E-state index in [1.54, 1.807) is 18.7 Å².